The SMILES string of the molecule is CC1=NOC(=O)/C1=C/c1ccccc1OCc1cccc(Cl)c1. The van der Waals surface area contributed by atoms with Crippen LogP contribution in [-0.4, -0.2) is 11.7 Å². The number of hydrogen-bond acceptors (Lipinski definition) is 4. The lowest BCUT2D eigenvalue weighted by Gasteiger charge is -2.10. The Morgan fingerprint density at radius 2 is 2.04 bits per heavy atom. The minimum Gasteiger partial charge on any atom is -0.488 e. The molecule has 0 saturated carbocycles. The Bertz CT molecular complexity index is 811. The molecule has 0 bridgehead atoms. The van der Waals surface area contributed by atoms with Crippen molar-refractivity contribution in [3.8, 4) is 5.75 Å². The van der Waals surface area contributed by atoms with Gasteiger partial charge in [0.25, 0.3) is 0 Å². The lowest BCUT2D eigenvalue weighted by atomic mass is 10.1. The third-order valence-corrected chi connectivity index (χ3v) is 3.61. The maximum atomic E-state index is 11.7. The van der Waals surface area contributed by atoms with Gasteiger partial charge in [0.1, 0.15) is 12.4 Å². The molecule has 0 unspecified atom stereocenters. The first kappa shape index (κ1) is 15.3. The van der Waals surface area contributed by atoms with Crippen molar-refractivity contribution in [3.63, 3.8) is 0 Å². The van der Waals surface area contributed by atoms with E-state index in [1.54, 1.807) is 13.0 Å². The molecule has 1 aliphatic rings. The fourth-order valence-corrected chi connectivity index (χ4v) is 2.41. The Morgan fingerprint density at radius 3 is 2.78 bits per heavy atom. The van der Waals surface area contributed by atoms with Crippen LogP contribution in [0.1, 0.15) is 18.1 Å². The van der Waals surface area contributed by atoms with Crippen LogP contribution in [0.25, 0.3) is 6.08 Å². The number of carbonyl (C=O) groups is 1. The van der Waals surface area contributed by atoms with Crippen molar-refractivity contribution in [3.05, 3.63) is 70.3 Å². The quantitative estimate of drug-likeness (QED) is 0.623. The number of para-hydroxylation sites is 1. The number of rotatable bonds is 4. The average molecular weight is 328 g/mol. The number of halogens is 1. The van der Waals surface area contributed by atoms with Gasteiger partial charge < -0.3 is 9.57 Å². The highest BCUT2D eigenvalue weighted by Crippen LogP contribution is 2.24. The molecule has 5 heteroatoms. The predicted molar refractivity (Wildman–Crippen MR) is 89.4 cm³/mol. The van der Waals surface area contributed by atoms with Crippen LogP contribution < -0.4 is 4.74 Å². The summed E-state index contributed by atoms with van der Waals surface area (Å²) in [5.41, 5.74) is 2.75. The van der Waals surface area contributed by atoms with Crippen molar-refractivity contribution >= 4 is 29.4 Å². The van der Waals surface area contributed by atoms with Gasteiger partial charge in [-0.2, -0.15) is 0 Å². The molecule has 0 aromatic heterocycles. The van der Waals surface area contributed by atoms with Gasteiger partial charge in [0.2, 0.25) is 0 Å². The van der Waals surface area contributed by atoms with Gasteiger partial charge >= 0.3 is 5.97 Å². The Morgan fingerprint density at radius 1 is 1.22 bits per heavy atom. The summed E-state index contributed by atoms with van der Waals surface area (Å²) in [6.45, 7) is 2.12. The second kappa shape index (κ2) is 6.67. The van der Waals surface area contributed by atoms with E-state index in [-0.39, 0.29) is 0 Å². The van der Waals surface area contributed by atoms with Crippen LogP contribution in [-0.2, 0) is 16.2 Å². The van der Waals surface area contributed by atoms with Gasteiger partial charge in [0.15, 0.2) is 0 Å². The minimum atomic E-state index is -0.452. The highest BCUT2D eigenvalue weighted by molar-refractivity contribution is 6.30. The topological polar surface area (TPSA) is 47.9 Å². The van der Waals surface area contributed by atoms with Crippen LogP contribution in [0.5, 0.6) is 5.75 Å². The first-order chi connectivity index (χ1) is 11.1. The molecule has 3 rings (SSSR count). The maximum Gasteiger partial charge on any atom is 0.367 e. The van der Waals surface area contributed by atoms with Crippen LogP contribution in [0, 0.1) is 0 Å². The molecule has 23 heavy (non-hydrogen) atoms. The third-order valence-electron chi connectivity index (χ3n) is 3.38. The molecule has 0 saturated heterocycles. The smallest absolute Gasteiger partial charge is 0.367 e. The average Bonchev–Trinajstić information content (AvgIpc) is 2.86. The summed E-state index contributed by atoms with van der Waals surface area (Å²) in [5, 5.41) is 4.34. The standard InChI is InChI=1S/C18H14ClNO3/c1-12-16(18(21)23-20-12)10-14-6-2-3-8-17(14)22-11-13-5-4-7-15(19)9-13/h2-10H,11H2,1H3/b16-10+. The van der Waals surface area contributed by atoms with Crippen LogP contribution in [0.15, 0.2) is 59.3 Å². The lowest BCUT2D eigenvalue weighted by Crippen LogP contribution is -2.02. The van der Waals surface area contributed by atoms with E-state index < -0.39 is 5.97 Å². The number of carbonyl (C=O) groups excluding carboxylic acids is 1. The third kappa shape index (κ3) is 3.60. The highest BCUT2D eigenvalue weighted by Gasteiger charge is 2.22. The maximum absolute atomic E-state index is 11.7. The Balaban J connectivity index is 1.83. The van der Waals surface area contributed by atoms with Gasteiger partial charge in [0.05, 0.1) is 11.3 Å². The van der Waals surface area contributed by atoms with Crippen molar-refractivity contribution in [2.45, 2.75) is 13.5 Å². The van der Waals surface area contributed by atoms with Crippen LogP contribution in [0.3, 0.4) is 0 Å². The zero-order chi connectivity index (χ0) is 16.2. The molecule has 2 aromatic rings. The molecule has 116 valence electrons. The molecule has 2 aromatic carbocycles. The second-order valence-corrected chi connectivity index (χ2v) is 5.51. The summed E-state index contributed by atoms with van der Waals surface area (Å²) in [6.07, 6.45) is 1.72. The van der Waals surface area contributed by atoms with Crippen molar-refractivity contribution in [2.24, 2.45) is 5.16 Å². The number of oxime groups is 1. The molecular weight excluding hydrogens is 314 g/mol. The predicted octanol–water partition coefficient (Wildman–Crippen LogP) is 4.24. The van der Waals surface area contributed by atoms with E-state index in [0.717, 1.165) is 11.1 Å². The van der Waals surface area contributed by atoms with E-state index in [1.165, 1.54) is 0 Å². The molecule has 0 radical (unpaired) electrons. The molecule has 0 amide bonds. The van der Waals surface area contributed by atoms with Crippen molar-refractivity contribution in [1.82, 2.24) is 0 Å². The second-order valence-electron chi connectivity index (χ2n) is 5.07. The van der Waals surface area contributed by atoms with Gasteiger partial charge in [0, 0.05) is 10.6 Å². The molecule has 0 N–H and O–H groups in total. The van der Waals surface area contributed by atoms with Crippen LogP contribution >= 0.6 is 11.6 Å². The molecule has 1 aliphatic heterocycles. The van der Waals surface area contributed by atoms with Gasteiger partial charge in [-0.15, -0.1) is 0 Å². The van der Waals surface area contributed by atoms with Gasteiger partial charge in [-0.3, -0.25) is 0 Å². The van der Waals surface area contributed by atoms with E-state index in [0.29, 0.717) is 28.7 Å². The molecule has 0 spiro atoms. The van der Waals surface area contributed by atoms with E-state index in [1.807, 2.05) is 48.5 Å². The summed E-state index contributed by atoms with van der Waals surface area (Å²) in [5.74, 6) is 0.222. The summed E-state index contributed by atoms with van der Waals surface area (Å²) in [6, 6.07) is 15.0. The van der Waals surface area contributed by atoms with Crippen LogP contribution in [0.4, 0.5) is 0 Å². The van der Waals surface area contributed by atoms with E-state index >= 15 is 0 Å². The van der Waals surface area contributed by atoms with E-state index in [9.17, 15) is 4.79 Å². The van der Waals surface area contributed by atoms with E-state index in [4.69, 9.17) is 16.3 Å². The molecule has 0 fully saturated rings. The zero-order valence-corrected chi connectivity index (χ0v) is 13.2. The van der Waals surface area contributed by atoms with E-state index in [2.05, 4.69) is 9.99 Å². The van der Waals surface area contributed by atoms with Crippen LogP contribution in [0.2, 0.25) is 5.02 Å². The Labute approximate surface area is 139 Å². The molecule has 1 heterocycles. The fourth-order valence-electron chi connectivity index (χ4n) is 2.19. The summed E-state index contributed by atoms with van der Waals surface area (Å²) < 4.78 is 5.86. The van der Waals surface area contributed by atoms with Crippen molar-refractivity contribution in [2.75, 3.05) is 0 Å². The fraction of sp³-hybridized carbons (Fsp3) is 0.111. The normalized spacial score (nSPS) is 15.5. The first-order valence-corrected chi connectivity index (χ1v) is 7.45. The summed E-state index contributed by atoms with van der Waals surface area (Å²) >= 11 is 5.97. The number of hydrogen-bond donors (Lipinski definition) is 0. The first-order valence-electron chi connectivity index (χ1n) is 7.08. The lowest BCUT2D eigenvalue weighted by molar-refractivity contribution is -0.136. The molecule has 0 aliphatic carbocycles. The monoisotopic (exact) mass is 327 g/mol. The molecule has 4 nitrogen and oxygen atoms in total. The van der Waals surface area contributed by atoms with Gasteiger partial charge in [-0.25, -0.2) is 4.79 Å². The summed E-state index contributed by atoms with van der Waals surface area (Å²) in [7, 11) is 0. The van der Waals surface area contributed by atoms with Crippen molar-refractivity contribution < 1.29 is 14.4 Å². The van der Waals surface area contributed by atoms with Gasteiger partial charge in [-0.1, -0.05) is 47.1 Å². The minimum absolute atomic E-state index is 0.387. The Kier molecular flexibility index (Phi) is 4.44. The molecular formula is C18H14ClNO3. The molecule has 0 atom stereocenters. The number of nitrogens with zero attached hydrogens (tertiary/aromatic N) is 1. The largest absolute Gasteiger partial charge is 0.488 e. The zero-order valence-electron chi connectivity index (χ0n) is 12.5. The summed E-state index contributed by atoms with van der Waals surface area (Å²) in [4.78, 5) is 16.3. The number of benzene rings is 2. The highest BCUT2D eigenvalue weighted by atomic mass is 35.5. The Hall–Kier alpha value is -2.59. The van der Waals surface area contributed by atoms with Crippen molar-refractivity contribution in [1.29, 1.82) is 0 Å². The van der Waals surface area contributed by atoms with Gasteiger partial charge in [-0.05, 0) is 36.8 Å². The number of ether oxygens (including phenoxy) is 1.